The Morgan fingerprint density at radius 1 is 1.00 bits per heavy atom. The van der Waals surface area contributed by atoms with Crippen molar-refractivity contribution in [3.05, 3.63) is 35.4 Å². The Hall–Kier alpha value is -0.0500. The Bertz CT molecular complexity index is 293. The molecular formula is C7H3Cl3F2. The molecule has 12 heavy (non-hydrogen) atoms. The van der Waals surface area contributed by atoms with Crippen molar-refractivity contribution in [3.8, 4) is 0 Å². The zero-order chi connectivity index (χ0) is 9.35. The zero-order valence-corrected chi connectivity index (χ0v) is 7.89. The summed E-state index contributed by atoms with van der Waals surface area (Å²) in [6.07, 6.45) is 0. The highest BCUT2D eigenvalue weighted by Crippen LogP contribution is 2.38. The minimum absolute atomic E-state index is 0.103. The van der Waals surface area contributed by atoms with E-state index in [1.807, 2.05) is 0 Å². The third-order valence-corrected chi connectivity index (χ3v) is 1.90. The first kappa shape index (κ1) is 10.0. The Labute approximate surface area is 83.0 Å². The van der Waals surface area contributed by atoms with E-state index in [1.165, 1.54) is 6.07 Å². The van der Waals surface area contributed by atoms with Crippen LogP contribution in [-0.4, -0.2) is 0 Å². The van der Waals surface area contributed by atoms with Crippen LogP contribution in [0.15, 0.2) is 18.2 Å². The van der Waals surface area contributed by atoms with Gasteiger partial charge in [0.1, 0.15) is 0 Å². The highest BCUT2D eigenvalue weighted by atomic mass is 35.6. The molecule has 1 aromatic carbocycles. The van der Waals surface area contributed by atoms with E-state index in [9.17, 15) is 8.78 Å². The van der Waals surface area contributed by atoms with Gasteiger partial charge >= 0.3 is 0 Å². The lowest BCUT2D eigenvalue weighted by Gasteiger charge is -2.10. The van der Waals surface area contributed by atoms with Crippen molar-refractivity contribution >= 4 is 34.8 Å². The van der Waals surface area contributed by atoms with E-state index in [4.69, 9.17) is 34.8 Å². The van der Waals surface area contributed by atoms with Crippen LogP contribution >= 0.6 is 34.8 Å². The fourth-order valence-electron chi connectivity index (χ4n) is 0.672. The van der Waals surface area contributed by atoms with Gasteiger partial charge in [0.15, 0.2) is 11.6 Å². The second-order valence-electron chi connectivity index (χ2n) is 2.13. The summed E-state index contributed by atoms with van der Waals surface area (Å²) in [6.45, 7) is 0. The number of rotatable bonds is 0. The van der Waals surface area contributed by atoms with Gasteiger partial charge in [0.2, 0.25) is 3.79 Å². The first-order chi connectivity index (χ1) is 5.41. The van der Waals surface area contributed by atoms with Crippen LogP contribution in [-0.2, 0) is 3.79 Å². The molecule has 0 aliphatic rings. The second-order valence-corrected chi connectivity index (χ2v) is 4.41. The number of hydrogen-bond donors (Lipinski definition) is 0. The maximum absolute atomic E-state index is 12.6. The summed E-state index contributed by atoms with van der Waals surface area (Å²) < 4.78 is 23.2. The van der Waals surface area contributed by atoms with Crippen LogP contribution in [0.5, 0.6) is 0 Å². The number of alkyl halides is 3. The smallest absolute Gasteiger partial charge is 0.204 e. The summed E-state index contributed by atoms with van der Waals surface area (Å²) >= 11 is 16.3. The van der Waals surface area contributed by atoms with Crippen molar-refractivity contribution < 1.29 is 8.78 Å². The van der Waals surface area contributed by atoms with Gasteiger partial charge in [0.05, 0.1) is 0 Å². The largest absolute Gasteiger partial charge is 0.216 e. The molecule has 0 saturated carbocycles. The number of hydrogen-bond acceptors (Lipinski definition) is 0. The van der Waals surface area contributed by atoms with Crippen LogP contribution in [0.4, 0.5) is 8.78 Å². The van der Waals surface area contributed by atoms with Gasteiger partial charge in [-0.15, -0.1) is 0 Å². The summed E-state index contributed by atoms with van der Waals surface area (Å²) in [5.41, 5.74) is 0.103. The Kier molecular flexibility index (Phi) is 2.81. The van der Waals surface area contributed by atoms with E-state index < -0.39 is 15.4 Å². The minimum atomic E-state index is -1.71. The van der Waals surface area contributed by atoms with E-state index in [2.05, 4.69) is 0 Å². The number of benzene rings is 1. The van der Waals surface area contributed by atoms with Crippen LogP contribution in [0.1, 0.15) is 5.56 Å². The van der Waals surface area contributed by atoms with E-state index in [-0.39, 0.29) is 5.56 Å². The van der Waals surface area contributed by atoms with Crippen molar-refractivity contribution in [1.29, 1.82) is 0 Å². The molecular weight excluding hydrogens is 228 g/mol. The average molecular weight is 231 g/mol. The van der Waals surface area contributed by atoms with Crippen LogP contribution < -0.4 is 0 Å². The minimum Gasteiger partial charge on any atom is -0.204 e. The molecule has 0 aliphatic heterocycles. The zero-order valence-electron chi connectivity index (χ0n) is 5.62. The van der Waals surface area contributed by atoms with Crippen LogP contribution in [0.3, 0.4) is 0 Å². The molecule has 0 nitrogen and oxygen atoms in total. The predicted octanol–water partition coefficient (Wildman–Crippen LogP) is 3.79. The molecule has 0 bridgehead atoms. The van der Waals surface area contributed by atoms with Crippen molar-refractivity contribution in [2.24, 2.45) is 0 Å². The maximum Gasteiger partial charge on any atom is 0.216 e. The molecule has 0 spiro atoms. The lowest BCUT2D eigenvalue weighted by molar-refractivity contribution is 0.507. The molecule has 5 heteroatoms. The summed E-state index contributed by atoms with van der Waals surface area (Å²) in [4.78, 5) is 0. The van der Waals surface area contributed by atoms with Crippen LogP contribution in [0.25, 0.3) is 0 Å². The van der Waals surface area contributed by atoms with Gasteiger partial charge in [-0.05, 0) is 12.1 Å². The standard InChI is InChI=1S/C7H3Cl3F2/c8-7(9,10)4-1-2-5(11)6(12)3-4/h1-3H. The average Bonchev–Trinajstić information content (AvgIpc) is 1.92. The third kappa shape index (κ3) is 2.22. The first-order valence-corrected chi connectivity index (χ1v) is 4.07. The molecule has 0 aliphatic carbocycles. The van der Waals surface area contributed by atoms with E-state index in [1.54, 1.807) is 0 Å². The predicted molar refractivity (Wildman–Crippen MR) is 45.6 cm³/mol. The quantitative estimate of drug-likeness (QED) is 0.596. The summed E-state index contributed by atoms with van der Waals surface area (Å²) in [6, 6.07) is 2.97. The molecule has 1 rings (SSSR count). The van der Waals surface area contributed by atoms with Crippen molar-refractivity contribution in [3.63, 3.8) is 0 Å². The molecule has 0 saturated heterocycles. The fourth-order valence-corrected chi connectivity index (χ4v) is 1.03. The maximum atomic E-state index is 12.6. The summed E-state index contributed by atoms with van der Waals surface area (Å²) in [5.74, 6) is -1.99. The van der Waals surface area contributed by atoms with Gasteiger partial charge in [-0.2, -0.15) is 0 Å². The Morgan fingerprint density at radius 2 is 1.58 bits per heavy atom. The van der Waals surface area contributed by atoms with Crippen LogP contribution in [0.2, 0.25) is 0 Å². The first-order valence-electron chi connectivity index (χ1n) is 2.93. The monoisotopic (exact) mass is 230 g/mol. The lowest BCUT2D eigenvalue weighted by atomic mass is 10.2. The topological polar surface area (TPSA) is 0 Å². The highest BCUT2D eigenvalue weighted by molar-refractivity contribution is 6.66. The molecule has 0 unspecified atom stereocenters. The molecule has 1 aromatic rings. The summed E-state index contributed by atoms with van der Waals surface area (Å²) in [7, 11) is 0. The lowest BCUT2D eigenvalue weighted by Crippen LogP contribution is -2.01. The van der Waals surface area contributed by atoms with Crippen LogP contribution in [0, 0.1) is 11.6 Å². The number of halogens is 5. The van der Waals surface area contributed by atoms with Gasteiger partial charge in [-0.3, -0.25) is 0 Å². The molecule has 0 atom stereocenters. The van der Waals surface area contributed by atoms with Gasteiger partial charge in [-0.1, -0.05) is 40.9 Å². The Balaban J connectivity index is 3.14. The normalized spacial score (nSPS) is 11.8. The third-order valence-electron chi connectivity index (χ3n) is 1.25. The Morgan fingerprint density at radius 3 is 2.00 bits per heavy atom. The molecule has 0 fully saturated rings. The van der Waals surface area contributed by atoms with Gasteiger partial charge in [0.25, 0.3) is 0 Å². The van der Waals surface area contributed by atoms with Crippen molar-refractivity contribution in [1.82, 2.24) is 0 Å². The summed E-state index contributed by atoms with van der Waals surface area (Å²) in [5, 5.41) is 0. The van der Waals surface area contributed by atoms with Gasteiger partial charge < -0.3 is 0 Å². The van der Waals surface area contributed by atoms with Gasteiger partial charge in [0, 0.05) is 5.56 Å². The SMILES string of the molecule is Fc1ccc(C(Cl)(Cl)Cl)cc1F. The molecule has 0 aromatic heterocycles. The van der Waals surface area contributed by atoms with Gasteiger partial charge in [-0.25, -0.2) is 8.78 Å². The molecule has 0 N–H and O–H groups in total. The van der Waals surface area contributed by atoms with E-state index in [0.717, 1.165) is 12.1 Å². The molecule has 0 amide bonds. The van der Waals surface area contributed by atoms with E-state index in [0.29, 0.717) is 0 Å². The van der Waals surface area contributed by atoms with Crippen molar-refractivity contribution in [2.45, 2.75) is 3.79 Å². The van der Waals surface area contributed by atoms with Crippen molar-refractivity contribution in [2.75, 3.05) is 0 Å². The fraction of sp³-hybridized carbons (Fsp3) is 0.143. The molecule has 0 radical (unpaired) electrons. The van der Waals surface area contributed by atoms with E-state index >= 15 is 0 Å². The second kappa shape index (κ2) is 3.36. The molecule has 66 valence electrons. The molecule has 0 heterocycles. The highest BCUT2D eigenvalue weighted by Gasteiger charge is 2.23.